The van der Waals surface area contributed by atoms with Gasteiger partial charge in [0.05, 0.1) is 35.4 Å². The number of methoxy groups -OCH3 is 1. The molecule has 7 nitrogen and oxygen atoms in total. The summed E-state index contributed by atoms with van der Waals surface area (Å²) in [5.41, 5.74) is 2.47. The molecule has 2 heterocycles. The van der Waals surface area contributed by atoms with Crippen molar-refractivity contribution < 1.29 is 9.66 Å². The van der Waals surface area contributed by atoms with E-state index < -0.39 is 0 Å². The summed E-state index contributed by atoms with van der Waals surface area (Å²) in [4.78, 5) is 13.2. The van der Waals surface area contributed by atoms with Crippen LogP contribution in [0, 0.1) is 14.9 Å². The number of para-hydroxylation sites is 2. The van der Waals surface area contributed by atoms with E-state index in [1.807, 2.05) is 33.4 Å². The summed E-state index contributed by atoms with van der Waals surface area (Å²) in [7, 11) is 1.62. The molecule has 0 bridgehead atoms. The number of hydrogen-bond donors (Lipinski definition) is 0. The Kier molecular flexibility index (Phi) is 4.67. The molecule has 140 valence electrons. The summed E-state index contributed by atoms with van der Waals surface area (Å²) in [5, 5.41) is 11.3. The average molecular weight is 384 g/mol. The SMILES string of the molecule is COc1ccccc1-n1c(=S)n(CN2CCCC2)c2cc([N+](=O)[O-])ccc21. The maximum Gasteiger partial charge on any atom is 0.271 e. The summed E-state index contributed by atoms with van der Waals surface area (Å²) in [6.07, 6.45) is 2.33. The Labute approximate surface area is 161 Å². The van der Waals surface area contributed by atoms with Gasteiger partial charge in [-0.2, -0.15) is 0 Å². The molecule has 0 radical (unpaired) electrons. The molecule has 27 heavy (non-hydrogen) atoms. The summed E-state index contributed by atoms with van der Waals surface area (Å²) in [6, 6.07) is 12.5. The minimum absolute atomic E-state index is 0.0600. The maximum atomic E-state index is 11.3. The molecule has 1 aliphatic heterocycles. The van der Waals surface area contributed by atoms with Gasteiger partial charge in [-0.1, -0.05) is 12.1 Å². The number of ether oxygens (including phenoxy) is 1. The Bertz CT molecular complexity index is 1070. The molecular weight excluding hydrogens is 364 g/mol. The molecule has 0 amide bonds. The molecule has 1 fully saturated rings. The molecule has 0 atom stereocenters. The minimum atomic E-state index is -0.372. The maximum absolute atomic E-state index is 11.3. The van der Waals surface area contributed by atoms with Crippen LogP contribution in [0.4, 0.5) is 5.69 Å². The Balaban J connectivity index is 1.97. The molecule has 4 rings (SSSR count). The lowest BCUT2D eigenvalue weighted by molar-refractivity contribution is -0.384. The van der Waals surface area contributed by atoms with E-state index in [9.17, 15) is 10.1 Å². The molecule has 0 aliphatic carbocycles. The molecule has 1 aromatic heterocycles. The number of likely N-dealkylation sites (tertiary alicyclic amines) is 1. The highest BCUT2D eigenvalue weighted by atomic mass is 32.1. The number of nitrogens with zero attached hydrogens (tertiary/aromatic N) is 4. The van der Waals surface area contributed by atoms with E-state index in [2.05, 4.69) is 4.90 Å². The molecule has 1 saturated heterocycles. The van der Waals surface area contributed by atoms with Gasteiger partial charge in [-0.3, -0.25) is 19.6 Å². The van der Waals surface area contributed by atoms with Crippen LogP contribution in [0.5, 0.6) is 5.75 Å². The summed E-state index contributed by atoms with van der Waals surface area (Å²) >= 11 is 5.80. The third kappa shape index (κ3) is 3.11. The topological polar surface area (TPSA) is 65.5 Å². The fourth-order valence-corrected chi connectivity index (χ4v) is 4.02. The Morgan fingerprint density at radius 2 is 1.89 bits per heavy atom. The summed E-state index contributed by atoms with van der Waals surface area (Å²) in [5.74, 6) is 0.701. The summed E-state index contributed by atoms with van der Waals surface area (Å²) in [6.45, 7) is 2.65. The van der Waals surface area contributed by atoms with Crippen molar-refractivity contribution in [2.45, 2.75) is 19.5 Å². The van der Waals surface area contributed by atoms with Crippen molar-refractivity contribution in [3.05, 3.63) is 57.3 Å². The highest BCUT2D eigenvalue weighted by Gasteiger charge is 2.20. The van der Waals surface area contributed by atoms with Crippen LogP contribution in [0.15, 0.2) is 42.5 Å². The second-order valence-electron chi connectivity index (χ2n) is 6.61. The largest absolute Gasteiger partial charge is 0.495 e. The zero-order chi connectivity index (χ0) is 19.0. The van der Waals surface area contributed by atoms with Crippen LogP contribution >= 0.6 is 12.2 Å². The Morgan fingerprint density at radius 1 is 1.15 bits per heavy atom. The minimum Gasteiger partial charge on any atom is -0.495 e. The van der Waals surface area contributed by atoms with Crippen LogP contribution in [-0.4, -0.2) is 39.2 Å². The van der Waals surface area contributed by atoms with E-state index in [4.69, 9.17) is 17.0 Å². The van der Waals surface area contributed by atoms with Gasteiger partial charge in [0.2, 0.25) is 0 Å². The predicted octanol–water partition coefficient (Wildman–Crippen LogP) is 4.13. The Morgan fingerprint density at radius 3 is 2.59 bits per heavy atom. The molecule has 0 spiro atoms. The molecule has 0 unspecified atom stereocenters. The molecule has 2 aromatic carbocycles. The first-order valence-corrected chi connectivity index (χ1v) is 9.26. The number of benzene rings is 2. The van der Waals surface area contributed by atoms with E-state index in [-0.39, 0.29) is 10.6 Å². The normalized spacial score (nSPS) is 14.7. The molecule has 3 aromatic rings. The van der Waals surface area contributed by atoms with Crippen LogP contribution in [0.3, 0.4) is 0 Å². The van der Waals surface area contributed by atoms with Gasteiger partial charge in [0.1, 0.15) is 5.75 Å². The Hall–Kier alpha value is -2.71. The van der Waals surface area contributed by atoms with Crippen molar-refractivity contribution in [3.63, 3.8) is 0 Å². The van der Waals surface area contributed by atoms with E-state index in [1.54, 1.807) is 19.2 Å². The standard InChI is InChI=1S/C19H20N4O3S/c1-26-18-7-3-2-6-16(18)22-15-9-8-14(23(24)25)12-17(15)21(19(22)27)13-20-10-4-5-11-20/h2-3,6-9,12H,4-5,10-11,13H2,1H3. The highest BCUT2D eigenvalue weighted by Crippen LogP contribution is 2.31. The fourth-order valence-electron chi connectivity index (χ4n) is 3.67. The zero-order valence-corrected chi connectivity index (χ0v) is 15.8. The van der Waals surface area contributed by atoms with E-state index in [1.165, 1.54) is 18.9 Å². The third-order valence-electron chi connectivity index (χ3n) is 4.99. The number of nitro benzene ring substituents is 1. The monoisotopic (exact) mass is 384 g/mol. The van der Waals surface area contributed by atoms with Gasteiger partial charge in [-0.05, 0) is 56.3 Å². The predicted molar refractivity (Wildman–Crippen MR) is 106 cm³/mol. The molecular formula is C19H20N4O3S. The average Bonchev–Trinajstić information content (AvgIpc) is 3.28. The van der Waals surface area contributed by atoms with Crippen molar-refractivity contribution in [1.82, 2.24) is 14.0 Å². The molecule has 8 heteroatoms. The van der Waals surface area contributed by atoms with E-state index in [0.717, 1.165) is 29.8 Å². The first-order chi connectivity index (χ1) is 13.1. The van der Waals surface area contributed by atoms with Gasteiger partial charge in [-0.25, -0.2) is 0 Å². The van der Waals surface area contributed by atoms with E-state index in [0.29, 0.717) is 17.2 Å². The second kappa shape index (κ2) is 7.13. The lowest BCUT2D eigenvalue weighted by atomic mass is 10.2. The number of rotatable bonds is 5. The van der Waals surface area contributed by atoms with Crippen LogP contribution in [0.25, 0.3) is 16.7 Å². The van der Waals surface area contributed by atoms with Gasteiger partial charge in [-0.15, -0.1) is 0 Å². The van der Waals surface area contributed by atoms with E-state index >= 15 is 0 Å². The van der Waals surface area contributed by atoms with Gasteiger partial charge in [0.25, 0.3) is 5.69 Å². The third-order valence-corrected chi connectivity index (χ3v) is 5.39. The van der Waals surface area contributed by atoms with Gasteiger partial charge in [0, 0.05) is 12.1 Å². The van der Waals surface area contributed by atoms with Crippen LogP contribution in [-0.2, 0) is 6.67 Å². The van der Waals surface area contributed by atoms with Crippen molar-refractivity contribution >= 4 is 28.9 Å². The highest BCUT2D eigenvalue weighted by molar-refractivity contribution is 7.71. The van der Waals surface area contributed by atoms with Crippen molar-refractivity contribution in [1.29, 1.82) is 0 Å². The number of aromatic nitrogens is 2. The van der Waals surface area contributed by atoms with Crippen LogP contribution < -0.4 is 4.74 Å². The van der Waals surface area contributed by atoms with Crippen LogP contribution in [0.1, 0.15) is 12.8 Å². The lowest BCUT2D eigenvalue weighted by Gasteiger charge is -2.16. The van der Waals surface area contributed by atoms with Crippen molar-refractivity contribution in [3.8, 4) is 11.4 Å². The van der Waals surface area contributed by atoms with Gasteiger partial charge in [0.15, 0.2) is 4.77 Å². The smallest absolute Gasteiger partial charge is 0.271 e. The van der Waals surface area contributed by atoms with Gasteiger partial charge < -0.3 is 9.30 Å². The number of imidazole rings is 1. The van der Waals surface area contributed by atoms with Crippen LogP contribution in [0.2, 0.25) is 0 Å². The molecule has 0 saturated carbocycles. The zero-order valence-electron chi connectivity index (χ0n) is 15.0. The molecule has 0 N–H and O–H groups in total. The molecule has 1 aliphatic rings. The van der Waals surface area contributed by atoms with Gasteiger partial charge >= 0.3 is 0 Å². The quantitative estimate of drug-likeness (QED) is 0.376. The fraction of sp³-hybridized carbons (Fsp3) is 0.316. The van der Waals surface area contributed by atoms with Crippen molar-refractivity contribution in [2.75, 3.05) is 20.2 Å². The number of fused-ring (bicyclic) bond motifs is 1. The number of nitro groups is 1. The number of hydrogen-bond acceptors (Lipinski definition) is 5. The summed E-state index contributed by atoms with van der Waals surface area (Å²) < 4.78 is 10.0. The first-order valence-electron chi connectivity index (χ1n) is 8.85. The first kappa shape index (κ1) is 17.7. The lowest BCUT2D eigenvalue weighted by Crippen LogP contribution is -2.23. The number of non-ortho nitro benzene ring substituents is 1. The van der Waals surface area contributed by atoms with Crippen molar-refractivity contribution in [2.24, 2.45) is 0 Å². The second-order valence-corrected chi connectivity index (χ2v) is 6.98.